The summed E-state index contributed by atoms with van der Waals surface area (Å²) in [6.07, 6.45) is 3.75. The van der Waals surface area contributed by atoms with Gasteiger partial charge in [0.1, 0.15) is 5.82 Å². The van der Waals surface area contributed by atoms with Gasteiger partial charge in [-0.15, -0.1) is 0 Å². The van der Waals surface area contributed by atoms with Crippen LogP contribution in [-0.4, -0.2) is 23.7 Å². The molecule has 2 heterocycles. The standard InChI is InChI=1S/C11H14Cl2N2O/c1-11(3-2-4-16-11)7-15-10-9(13)5-8(12)6-14-10/h5-6H,2-4,7H2,1H3,(H,14,15). The fourth-order valence-corrected chi connectivity index (χ4v) is 2.24. The van der Waals surface area contributed by atoms with E-state index in [-0.39, 0.29) is 5.60 Å². The van der Waals surface area contributed by atoms with Crippen molar-refractivity contribution in [2.24, 2.45) is 0 Å². The Labute approximate surface area is 105 Å². The maximum atomic E-state index is 6.01. The van der Waals surface area contributed by atoms with E-state index in [4.69, 9.17) is 27.9 Å². The zero-order valence-corrected chi connectivity index (χ0v) is 10.6. The van der Waals surface area contributed by atoms with Gasteiger partial charge in [-0.05, 0) is 25.8 Å². The maximum Gasteiger partial charge on any atom is 0.144 e. The van der Waals surface area contributed by atoms with Crippen molar-refractivity contribution in [2.75, 3.05) is 18.5 Å². The topological polar surface area (TPSA) is 34.2 Å². The summed E-state index contributed by atoms with van der Waals surface area (Å²) in [5.74, 6) is 0.655. The molecular weight excluding hydrogens is 247 g/mol. The number of ether oxygens (including phenoxy) is 1. The quantitative estimate of drug-likeness (QED) is 0.905. The summed E-state index contributed by atoms with van der Waals surface area (Å²) in [5.41, 5.74) is -0.107. The van der Waals surface area contributed by atoms with E-state index in [1.54, 1.807) is 12.3 Å². The van der Waals surface area contributed by atoms with Crippen LogP contribution in [0.3, 0.4) is 0 Å². The Morgan fingerprint density at radius 3 is 3.00 bits per heavy atom. The van der Waals surface area contributed by atoms with Gasteiger partial charge in [0.2, 0.25) is 0 Å². The third-order valence-corrected chi connectivity index (χ3v) is 3.23. The molecular formula is C11H14Cl2N2O. The van der Waals surface area contributed by atoms with Crippen molar-refractivity contribution >= 4 is 29.0 Å². The van der Waals surface area contributed by atoms with Crippen LogP contribution < -0.4 is 5.32 Å². The van der Waals surface area contributed by atoms with E-state index in [1.807, 2.05) is 0 Å². The Kier molecular flexibility index (Phi) is 3.57. The zero-order valence-electron chi connectivity index (χ0n) is 9.09. The molecule has 1 N–H and O–H groups in total. The summed E-state index contributed by atoms with van der Waals surface area (Å²) in [5, 5.41) is 4.27. The molecule has 0 spiro atoms. The average molecular weight is 261 g/mol. The zero-order chi connectivity index (χ0) is 11.6. The molecule has 5 heteroatoms. The molecule has 1 aliphatic heterocycles. The molecule has 1 aromatic rings. The van der Waals surface area contributed by atoms with Crippen LogP contribution >= 0.6 is 23.2 Å². The number of aromatic nitrogens is 1. The molecule has 1 aromatic heterocycles. The fourth-order valence-electron chi connectivity index (χ4n) is 1.79. The number of nitrogens with zero attached hydrogens (tertiary/aromatic N) is 1. The van der Waals surface area contributed by atoms with Crippen LogP contribution in [0.2, 0.25) is 10.0 Å². The lowest BCUT2D eigenvalue weighted by Gasteiger charge is -2.23. The SMILES string of the molecule is CC1(CNc2ncc(Cl)cc2Cl)CCCO1. The van der Waals surface area contributed by atoms with Gasteiger partial charge >= 0.3 is 0 Å². The van der Waals surface area contributed by atoms with Gasteiger partial charge in [-0.1, -0.05) is 23.2 Å². The van der Waals surface area contributed by atoms with Gasteiger partial charge in [0.05, 0.1) is 15.6 Å². The lowest BCUT2D eigenvalue weighted by atomic mass is 10.0. The molecule has 0 aromatic carbocycles. The molecule has 0 amide bonds. The van der Waals surface area contributed by atoms with Crippen LogP contribution in [0.15, 0.2) is 12.3 Å². The molecule has 0 bridgehead atoms. The second-order valence-corrected chi connectivity index (χ2v) is 5.08. The molecule has 0 saturated carbocycles. The van der Waals surface area contributed by atoms with Gasteiger partial charge in [-0.25, -0.2) is 4.98 Å². The molecule has 1 aliphatic rings. The van der Waals surface area contributed by atoms with Gasteiger partial charge < -0.3 is 10.1 Å². The average Bonchev–Trinajstić information content (AvgIpc) is 2.64. The van der Waals surface area contributed by atoms with Crippen LogP contribution in [0.4, 0.5) is 5.82 Å². The summed E-state index contributed by atoms with van der Waals surface area (Å²) >= 11 is 11.8. The smallest absolute Gasteiger partial charge is 0.144 e. The molecule has 1 unspecified atom stereocenters. The van der Waals surface area contributed by atoms with Crippen molar-refractivity contribution in [1.29, 1.82) is 0 Å². The summed E-state index contributed by atoms with van der Waals surface area (Å²) in [6, 6.07) is 1.68. The van der Waals surface area contributed by atoms with Crippen LogP contribution in [0, 0.1) is 0 Å². The molecule has 1 saturated heterocycles. The van der Waals surface area contributed by atoms with Crippen LogP contribution in [0.25, 0.3) is 0 Å². The monoisotopic (exact) mass is 260 g/mol. The van der Waals surface area contributed by atoms with E-state index in [0.29, 0.717) is 22.4 Å². The fraction of sp³-hybridized carbons (Fsp3) is 0.545. The first-order chi connectivity index (χ1) is 7.59. The summed E-state index contributed by atoms with van der Waals surface area (Å²) in [4.78, 5) is 4.14. The highest BCUT2D eigenvalue weighted by Gasteiger charge is 2.29. The van der Waals surface area contributed by atoms with Crippen molar-refractivity contribution in [3.63, 3.8) is 0 Å². The second-order valence-electron chi connectivity index (χ2n) is 4.24. The highest BCUT2D eigenvalue weighted by molar-refractivity contribution is 6.35. The van der Waals surface area contributed by atoms with E-state index in [1.165, 1.54) is 0 Å². The van der Waals surface area contributed by atoms with Gasteiger partial charge in [-0.2, -0.15) is 0 Å². The first-order valence-corrected chi connectivity index (χ1v) is 6.04. The number of halogens is 2. The maximum absolute atomic E-state index is 6.01. The number of hydrogen-bond acceptors (Lipinski definition) is 3. The number of nitrogens with one attached hydrogen (secondary N) is 1. The summed E-state index contributed by atoms with van der Waals surface area (Å²) in [6.45, 7) is 3.64. The first kappa shape index (κ1) is 12.0. The molecule has 0 aliphatic carbocycles. The Morgan fingerprint density at radius 2 is 2.38 bits per heavy atom. The predicted octanol–water partition coefficient (Wildman–Crippen LogP) is 3.37. The highest BCUT2D eigenvalue weighted by atomic mass is 35.5. The minimum atomic E-state index is -0.107. The number of rotatable bonds is 3. The third kappa shape index (κ3) is 2.78. The van der Waals surface area contributed by atoms with Crippen molar-refractivity contribution in [3.05, 3.63) is 22.3 Å². The Morgan fingerprint density at radius 1 is 1.56 bits per heavy atom. The van der Waals surface area contributed by atoms with Gasteiger partial charge in [0.25, 0.3) is 0 Å². The van der Waals surface area contributed by atoms with Gasteiger partial charge in [0, 0.05) is 19.3 Å². The largest absolute Gasteiger partial charge is 0.373 e. The molecule has 16 heavy (non-hydrogen) atoms. The third-order valence-electron chi connectivity index (χ3n) is 2.74. The molecule has 0 radical (unpaired) electrons. The second kappa shape index (κ2) is 4.78. The molecule has 1 fully saturated rings. The number of pyridine rings is 1. The lowest BCUT2D eigenvalue weighted by molar-refractivity contribution is 0.0315. The van der Waals surface area contributed by atoms with E-state index in [0.717, 1.165) is 19.4 Å². The predicted molar refractivity (Wildman–Crippen MR) is 66.3 cm³/mol. The van der Waals surface area contributed by atoms with Crippen LogP contribution in [0.5, 0.6) is 0 Å². The van der Waals surface area contributed by atoms with Crippen molar-refractivity contribution in [1.82, 2.24) is 4.98 Å². The van der Waals surface area contributed by atoms with Crippen molar-refractivity contribution in [3.8, 4) is 0 Å². The summed E-state index contributed by atoms with van der Waals surface area (Å²) in [7, 11) is 0. The van der Waals surface area contributed by atoms with Crippen molar-refractivity contribution in [2.45, 2.75) is 25.4 Å². The molecule has 3 nitrogen and oxygen atoms in total. The van der Waals surface area contributed by atoms with Crippen molar-refractivity contribution < 1.29 is 4.74 Å². The highest BCUT2D eigenvalue weighted by Crippen LogP contribution is 2.27. The Bertz CT molecular complexity index is 378. The minimum Gasteiger partial charge on any atom is -0.373 e. The van der Waals surface area contributed by atoms with Gasteiger partial charge in [0.15, 0.2) is 0 Å². The van der Waals surface area contributed by atoms with E-state index in [2.05, 4.69) is 17.2 Å². The number of anilines is 1. The van der Waals surface area contributed by atoms with Gasteiger partial charge in [-0.3, -0.25) is 0 Å². The van der Waals surface area contributed by atoms with Crippen LogP contribution in [0.1, 0.15) is 19.8 Å². The molecule has 1 atom stereocenters. The van der Waals surface area contributed by atoms with E-state index >= 15 is 0 Å². The summed E-state index contributed by atoms with van der Waals surface area (Å²) < 4.78 is 5.67. The first-order valence-electron chi connectivity index (χ1n) is 5.28. The van der Waals surface area contributed by atoms with E-state index < -0.39 is 0 Å². The normalized spacial score (nSPS) is 24.7. The molecule has 88 valence electrons. The lowest BCUT2D eigenvalue weighted by Crippen LogP contribution is -2.32. The Hall–Kier alpha value is -0.510. The minimum absolute atomic E-state index is 0.107. The molecule has 2 rings (SSSR count). The van der Waals surface area contributed by atoms with Crippen LogP contribution in [-0.2, 0) is 4.74 Å². The number of hydrogen-bond donors (Lipinski definition) is 1. The Balaban J connectivity index is 1.99. The van der Waals surface area contributed by atoms with E-state index in [9.17, 15) is 0 Å².